The minimum absolute atomic E-state index is 0.222. The third kappa shape index (κ3) is 5.90. The van der Waals surface area contributed by atoms with Gasteiger partial charge in [0.1, 0.15) is 11.7 Å². The number of aliphatic hydroxyl groups excluding tert-OH is 1. The summed E-state index contributed by atoms with van der Waals surface area (Å²) in [7, 11) is 0. The molecule has 0 heterocycles. The Bertz CT molecular complexity index is 578. The van der Waals surface area contributed by atoms with Gasteiger partial charge in [0.05, 0.1) is 6.04 Å². The Morgan fingerprint density at radius 3 is 2.39 bits per heavy atom. The number of alkyl carbamates (subject to hydrolysis) is 1. The highest BCUT2D eigenvalue weighted by Gasteiger charge is 2.24. The van der Waals surface area contributed by atoms with Crippen LogP contribution < -0.4 is 10.6 Å². The van der Waals surface area contributed by atoms with Crippen LogP contribution in [0, 0.1) is 6.92 Å². The number of amides is 2. The van der Waals surface area contributed by atoms with Crippen LogP contribution in [-0.2, 0) is 9.53 Å². The van der Waals surface area contributed by atoms with Crippen molar-refractivity contribution in [2.24, 2.45) is 0 Å². The van der Waals surface area contributed by atoms with Gasteiger partial charge >= 0.3 is 6.09 Å². The normalized spacial score (nSPS) is 13.9. The molecule has 2 amide bonds. The molecule has 0 saturated carbocycles. The van der Waals surface area contributed by atoms with E-state index in [9.17, 15) is 14.7 Å². The molecule has 0 aliphatic carbocycles. The number of hydrogen-bond acceptors (Lipinski definition) is 4. The molecule has 128 valence electrons. The van der Waals surface area contributed by atoms with E-state index in [0.717, 1.165) is 5.56 Å². The predicted octanol–water partition coefficient (Wildman–Crippen LogP) is 2.90. The highest BCUT2D eigenvalue weighted by molar-refractivity contribution is 5.90. The van der Waals surface area contributed by atoms with Crippen molar-refractivity contribution in [1.29, 1.82) is 0 Å². The van der Waals surface area contributed by atoms with E-state index in [2.05, 4.69) is 10.6 Å². The molecular formula is C17H26N2O4. The maximum absolute atomic E-state index is 11.8. The molecule has 2 unspecified atom stereocenters. The zero-order valence-corrected chi connectivity index (χ0v) is 14.6. The molecule has 2 atom stereocenters. The van der Waals surface area contributed by atoms with Crippen molar-refractivity contribution in [3.05, 3.63) is 29.3 Å². The molecule has 3 N–H and O–H groups in total. The number of carbonyl (C=O) groups excluding carboxylic acids is 2. The topological polar surface area (TPSA) is 87.7 Å². The zero-order valence-electron chi connectivity index (χ0n) is 14.6. The van der Waals surface area contributed by atoms with Crippen LogP contribution in [0.25, 0.3) is 0 Å². The lowest BCUT2D eigenvalue weighted by Crippen LogP contribution is -2.40. The van der Waals surface area contributed by atoms with Crippen molar-refractivity contribution in [3.8, 4) is 0 Å². The van der Waals surface area contributed by atoms with Gasteiger partial charge in [-0.3, -0.25) is 4.79 Å². The lowest BCUT2D eigenvalue weighted by molar-refractivity contribution is -0.114. The van der Waals surface area contributed by atoms with Gasteiger partial charge in [-0.05, 0) is 40.2 Å². The van der Waals surface area contributed by atoms with Crippen molar-refractivity contribution in [2.75, 3.05) is 5.32 Å². The molecule has 0 bridgehead atoms. The Morgan fingerprint density at radius 2 is 1.87 bits per heavy atom. The highest BCUT2D eigenvalue weighted by atomic mass is 16.6. The van der Waals surface area contributed by atoms with Gasteiger partial charge in [0.2, 0.25) is 5.91 Å². The Balaban J connectivity index is 2.92. The summed E-state index contributed by atoms with van der Waals surface area (Å²) in [6.45, 7) is 10.2. The number of ether oxygens (including phenoxy) is 1. The van der Waals surface area contributed by atoms with Gasteiger partial charge in [-0.15, -0.1) is 0 Å². The number of para-hydroxylation sites is 1. The van der Waals surface area contributed by atoms with Crippen molar-refractivity contribution < 1.29 is 19.4 Å². The summed E-state index contributed by atoms with van der Waals surface area (Å²) in [5.41, 5.74) is 1.33. The summed E-state index contributed by atoms with van der Waals surface area (Å²) in [5.74, 6) is -0.222. The number of benzene rings is 1. The Hall–Kier alpha value is -2.08. The van der Waals surface area contributed by atoms with Gasteiger partial charge in [0.15, 0.2) is 0 Å². The summed E-state index contributed by atoms with van der Waals surface area (Å²) in [4.78, 5) is 23.2. The van der Waals surface area contributed by atoms with E-state index in [0.29, 0.717) is 11.3 Å². The van der Waals surface area contributed by atoms with E-state index in [1.54, 1.807) is 39.8 Å². The number of aryl methyl sites for hydroxylation is 1. The predicted molar refractivity (Wildman–Crippen MR) is 89.3 cm³/mol. The Labute approximate surface area is 137 Å². The molecule has 0 radical (unpaired) electrons. The van der Waals surface area contributed by atoms with Crippen LogP contribution in [0.3, 0.4) is 0 Å². The molecule has 0 aliphatic heterocycles. The van der Waals surface area contributed by atoms with E-state index < -0.39 is 23.8 Å². The van der Waals surface area contributed by atoms with E-state index in [1.807, 2.05) is 13.0 Å². The molecule has 0 aliphatic rings. The van der Waals surface area contributed by atoms with Gasteiger partial charge in [-0.2, -0.15) is 0 Å². The fourth-order valence-electron chi connectivity index (χ4n) is 2.13. The third-order valence-corrected chi connectivity index (χ3v) is 3.14. The molecule has 0 fully saturated rings. The number of rotatable bonds is 4. The van der Waals surface area contributed by atoms with Gasteiger partial charge in [-0.1, -0.05) is 18.2 Å². The molecular weight excluding hydrogens is 296 g/mol. The maximum atomic E-state index is 11.8. The smallest absolute Gasteiger partial charge is 0.407 e. The average molecular weight is 322 g/mol. The summed E-state index contributed by atoms with van der Waals surface area (Å²) >= 11 is 0. The molecule has 23 heavy (non-hydrogen) atoms. The number of hydrogen-bond donors (Lipinski definition) is 3. The van der Waals surface area contributed by atoms with Gasteiger partial charge in [-0.25, -0.2) is 4.79 Å². The summed E-state index contributed by atoms with van der Waals surface area (Å²) in [6, 6.07) is 4.77. The Kier molecular flexibility index (Phi) is 6.15. The van der Waals surface area contributed by atoms with Crippen LogP contribution in [-0.4, -0.2) is 28.7 Å². The first-order valence-corrected chi connectivity index (χ1v) is 7.56. The van der Waals surface area contributed by atoms with Crippen LogP contribution in [0.4, 0.5) is 10.5 Å². The lowest BCUT2D eigenvalue weighted by Gasteiger charge is -2.26. The fraction of sp³-hybridized carbons (Fsp3) is 0.529. The molecule has 1 aromatic rings. The average Bonchev–Trinajstić information content (AvgIpc) is 2.37. The molecule has 1 aromatic carbocycles. The summed E-state index contributed by atoms with van der Waals surface area (Å²) in [5, 5.41) is 15.9. The van der Waals surface area contributed by atoms with Crippen molar-refractivity contribution in [1.82, 2.24) is 5.32 Å². The van der Waals surface area contributed by atoms with Crippen molar-refractivity contribution in [2.45, 2.75) is 59.3 Å². The minimum Gasteiger partial charge on any atom is -0.444 e. The second-order valence-electron chi connectivity index (χ2n) is 6.60. The second-order valence-corrected chi connectivity index (χ2v) is 6.60. The largest absolute Gasteiger partial charge is 0.444 e. The molecule has 0 aromatic heterocycles. The van der Waals surface area contributed by atoms with E-state index in [1.165, 1.54) is 6.92 Å². The number of aliphatic hydroxyl groups is 1. The standard InChI is InChI=1S/C17H26N2O4/c1-10-8-7-9-13(14(10)19-12(3)20)15(21)11(2)18-16(22)23-17(4,5)6/h7-9,11,15,21H,1-6H3,(H,18,22)(H,19,20). The molecule has 0 saturated heterocycles. The van der Waals surface area contributed by atoms with E-state index in [-0.39, 0.29) is 5.91 Å². The lowest BCUT2D eigenvalue weighted by atomic mass is 9.98. The van der Waals surface area contributed by atoms with Gasteiger partial charge in [0.25, 0.3) is 0 Å². The fourth-order valence-corrected chi connectivity index (χ4v) is 2.13. The third-order valence-electron chi connectivity index (χ3n) is 3.14. The van der Waals surface area contributed by atoms with E-state index in [4.69, 9.17) is 4.74 Å². The first-order valence-electron chi connectivity index (χ1n) is 7.56. The van der Waals surface area contributed by atoms with Crippen molar-refractivity contribution in [3.63, 3.8) is 0 Å². The highest BCUT2D eigenvalue weighted by Crippen LogP contribution is 2.28. The molecule has 0 spiro atoms. The second kappa shape index (κ2) is 7.46. The summed E-state index contributed by atoms with van der Waals surface area (Å²) < 4.78 is 5.18. The maximum Gasteiger partial charge on any atom is 0.407 e. The molecule has 1 rings (SSSR count). The number of anilines is 1. The Morgan fingerprint density at radius 1 is 1.26 bits per heavy atom. The first-order chi connectivity index (χ1) is 10.5. The summed E-state index contributed by atoms with van der Waals surface area (Å²) in [6.07, 6.45) is -1.58. The van der Waals surface area contributed by atoms with Crippen LogP contribution in [0.15, 0.2) is 18.2 Å². The number of nitrogens with one attached hydrogen (secondary N) is 2. The monoisotopic (exact) mass is 322 g/mol. The van der Waals surface area contributed by atoms with Crippen LogP contribution in [0.2, 0.25) is 0 Å². The SMILES string of the molecule is CC(=O)Nc1c(C)cccc1C(O)C(C)NC(=O)OC(C)(C)C. The quantitative estimate of drug-likeness (QED) is 0.795. The number of carbonyl (C=O) groups is 2. The van der Waals surface area contributed by atoms with Crippen LogP contribution >= 0.6 is 0 Å². The van der Waals surface area contributed by atoms with E-state index >= 15 is 0 Å². The molecule has 6 heteroatoms. The van der Waals surface area contributed by atoms with Crippen molar-refractivity contribution >= 4 is 17.7 Å². The van der Waals surface area contributed by atoms with Gasteiger partial charge in [0, 0.05) is 18.2 Å². The minimum atomic E-state index is -0.982. The molecule has 6 nitrogen and oxygen atoms in total. The van der Waals surface area contributed by atoms with Gasteiger partial charge < -0.3 is 20.5 Å². The first kappa shape index (κ1) is 19.0. The van der Waals surface area contributed by atoms with Crippen LogP contribution in [0.1, 0.15) is 51.8 Å². The zero-order chi connectivity index (χ0) is 17.8. The van der Waals surface area contributed by atoms with Crippen LogP contribution in [0.5, 0.6) is 0 Å².